The normalized spacial score (nSPS) is 16.8. The molecule has 4 nitrogen and oxygen atoms in total. The van der Waals surface area contributed by atoms with E-state index in [1.807, 2.05) is 49.4 Å². The monoisotopic (exact) mass is 504 g/mol. The van der Waals surface area contributed by atoms with Gasteiger partial charge < -0.3 is 15.4 Å². The largest absolute Gasteiger partial charge is 0.488 e. The Morgan fingerprint density at radius 2 is 1.78 bits per heavy atom. The molecule has 0 aromatic heterocycles. The van der Waals surface area contributed by atoms with Crippen LogP contribution >= 0.6 is 46.6 Å². The predicted octanol–water partition coefficient (Wildman–Crippen LogP) is 7.13. The lowest BCUT2D eigenvalue weighted by Crippen LogP contribution is -2.31. The fourth-order valence-electron chi connectivity index (χ4n) is 3.15. The summed E-state index contributed by atoms with van der Waals surface area (Å²) in [6, 6.07) is 18.4. The van der Waals surface area contributed by atoms with Crippen LogP contribution < -0.4 is 15.4 Å². The Morgan fingerprint density at radius 1 is 1.03 bits per heavy atom. The van der Waals surface area contributed by atoms with E-state index in [0.29, 0.717) is 32.3 Å². The lowest BCUT2D eigenvalue weighted by atomic mass is 10.1. The van der Waals surface area contributed by atoms with Crippen LogP contribution in [0.2, 0.25) is 15.1 Å². The highest BCUT2D eigenvalue weighted by atomic mass is 35.5. The fraction of sp³-hybridized carbons (Fsp3) is 0.125. The molecule has 3 aromatic rings. The summed E-state index contributed by atoms with van der Waals surface area (Å²) in [5.74, 6) is 0.449. The van der Waals surface area contributed by atoms with Gasteiger partial charge in [-0.3, -0.25) is 4.79 Å². The molecule has 4 rings (SSSR count). The molecule has 3 aromatic carbocycles. The first-order valence-corrected chi connectivity index (χ1v) is 11.8. The quantitative estimate of drug-likeness (QED) is 0.350. The maximum Gasteiger partial charge on any atom is 0.260 e. The van der Waals surface area contributed by atoms with Crippen LogP contribution in [0.1, 0.15) is 16.7 Å². The maximum atomic E-state index is 12.6. The average Bonchev–Trinajstić information content (AvgIpc) is 3.09. The second-order valence-corrected chi connectivity index (χ2v) is 9.64. The van der Waals surface area contributed by atoms with E-state index in [1.165, 1.54) is 11.8 Å². The first-order valence-electron chi connectivity index (χ1n) is 9.76. The average molecular weight is 506 g/mol. The Balaban J connectivity index is 1.52. The van der Waals surface area contributed by atoms with E-state index in [9.17, 15) is 4.79 Å². The lowest BCUT2D eigenvalue weighted by Gasteiger charge is -2.15. The number of aryl methyl sites for hydroxylation is 1. The van der Waals surface area contributed by atoms with Crippen molar-refractivity contribution in [3.05, 3.63) is 97.3 Å². The third kappa shape index (κ3) is 5.73. The summed E-state index contributed by atoms with van der Waals surface area (Å²) in [7, 11) is 0. The predicted molar refractivity (Wildman–Crippen MR) is 135 cm³/mol. The van der Waals surface area contributed by atoms with Crippen LogP contribution in [0.25, 0.3) is 6.08 Å². The maximum absolute atomic E-state index is 12.6. The van der Waals surface area contributed by atoms with Crippen LogP contribution in [0.4, 0.5) is 5.69 Å². The number of thioether (sulfide) groups is 1. The second kappa shape index (κ2) is 10.1. The molecule has 1 fully saturated rings. The van der Waals surface area contributed by atoms with Gasteiger partial charge in [0.05, 0.1) is 4.91 Å². The highest BCUT2D eigenvalue weighted by Gasteiger charge is 2.28. The van der Waals surface area contributed by atoms with E-state index >= 15 is 0 Å². The molecule has 32 heavy (non-hydrogen) atoms. The molecule has 1 heterocycles. The van der Waals surface area contributed by atoms with Crippen LogP contribution in [-0.2, 0) is 11.4 Å². The zero-order valence-corrected chi connectivity index (χ0v) is 20.1. The summed E-state index contributed by atoms with van der Waals surface area (Å²) in [6.45, 7) is 2.32. The molecule has 164 valence electrons. The van der Waals surface area contributed by atoms with Crippen molar-refractivity contribution in [3.63, 3.8) is 0 Å². The molecule has 1 saturated heterocycles. The number of amides is 1. The van der Waals surface area contributed by atoms with Gasteiger partial charge in [0, 0.05) is 26.3 Å². The van der Waals surface area contributed by atoms with Crippen LogP contribution in [0.3, 0.4) is 0 Å². The van der Waals surface area contributed by atoms with E-state index in [4.69, 9.17) is 39.5 Å². The highest BCUT2D eigenvalue weighted by Crippen LogP contribution is 2.34. The minimum absolute atomic E-state index is 0.173. The minimum atomic E-state index is -0.319. The Kier molecular flexibility index (Phi) is 7.21. The third-order valence-corrected chi connectivity index (χ3v) is 6.49. The number of anilines is 1. The molecule has 2 N–H and O–H groups in total. The Morgan fingerprint density at radius 3 is 2.59 bits per heavy atom. The standard InChI is InChI=1S/C24H19Cl3N2O2S/c1-14-5-6-19(27)12-20(14)28-24-29-23(30)22(32-24)11-16-10-18(26)7-8-21(16)31-13-15-3-2-4-17(25)9-15/h2-12,24,28H,13H2,1H3,(H,29,30)/b22-11-. The van der Waals surface area contributed by atoms with Crippen molar-refractivity contribution < 1.29 is 9.53 Å². The molecule has 0 saturated carbocycles. The molecule has 8 heteroatoms. The minimum Gasteiger partial charge on any atom is -0.488 e. The van der Waals surface area contributed by atoms with Gasteiger partial charge in [-0.2, -0.15) is 0 Å². The van der Waals surface area contributed by atoms with Crippen molar-refractivity contribution in [2.24, 2.45) is 0 Å². The number of hydrogen-bond donors (Lipinski definition) is 2. The summed E-state index contributed by atoms with van der Waals surface area (Å²) >= 11 is 19.8. The van der Waals surface area contributed by atoms with E-state index in [-0.39, 0.29) is 11.4 Å². The summed E-state index contributed by atoms with van der Waals surface area (Å²) < 4.78 is 6.00. The van der Waals surface area contributed by atoms with Crippen molar-refractivity contribution in [1.29, 1.82) is 0 Å². The van der Waals surface area contributed by atoms with Crippen molar-refractivity contribution in [1.82, 2.24) is 5.32 Å². The molecule has 1 aliphatic rings. The molecule has 0 aliphatic carbocycles. The number of ether oxygens (including phenoxy) is 1. The van der Waals surface area contributed by atoms with Crippen molar-refractivity contribution in [2.45, 2.75) is 19.0 Å². The number of hydrogen-bond acceptors (Lipinski definition) is 4. The van der Waals surface area contributed by atoms with Crippen molar-refractivity contribution in [3.8, 4) is 5.75 Å². The third-order valence-electron chi connectivity index (χ3n) is 4.76. The van der Waals surface area contributed by atoms with Gasteiger partial charge in [-0.1, -0.05) is 64.8 Å². The first-order chi connectivity index (χ1) is 15.4. The molecule has 0 spiro atoms. The molecular weight excluding hydrogens is 487 g/mol. The topological polar surface area (TPSA) is 50.4 Å². The summed E-state index contributed by atoms with van der Waals surface area (Å²) in [5, 5.41) is 8.07. The van der Waals surface area contributed by atoms with E-state index in [0.717, 1.165) is 22.4 Å². The second-order valence-electron chi connectivity index (χ2n) is 7.18. The molecule has 1 atom stereocenters. The molecule has 1 aliphatic heterocycles. The number of benzene rings is 3. The number of halogens is 3. The molecular formula is C24H19Cl3N2O2S. The molecule has 1 amide bonds. The number of rotatable bonds is 6. The van der Waals surface area contributed by atoms with Gasteiger partial charge in [-0.15, -0.1) is 0 Å². The lowest BCUT2D eigenvalue weighted by molar-refractivity contribution is -0.116. The summed E-state index contributed by atoms with van der Waals surface area (Å²) in [5.41, 5.74) is 3.25. The van der Waals surface area contributed by atoms with Crippen molar-refractivity contribution in [2.75, 3.05) is 5.32 Å². The number of nitrogens with one attached hydrogen (secondary N) is 2. The Hall–Kier alpha value is -2.31. The van der Waals surface area contributed by atoms with Gasteiger partial charge in [0.2, 0.25) is 0 Å². The van der Waals surface area contributed by atoms with E-state index < -0.39 is 0 Å². The number of carbonyl (C=O) groups is 1. The first kappa shape index (κ1) is 22.9. The zero-order chi connectivity index (χ0) is 22.7. The van der Waals surface area contributed by atoms with Crippen LogP contribution in [0.15, 0.2) is 65.6 Å². The Labute approximate surface area is 205 Å². The van der Waals surface area contributed by atoms with Gasteiger partial charge in [-0.05, 0) is 66.6 Å². The smallest absolute Gasteiger partial charge is 0.260 e. The van der Waals surface area contributed by atoms with Gasteiger partial charge in [0.25, 0.3) is 5.91 Å². The van der Waals surface area contributed by atoms with Crippen LogP contribution in [-0.4, -0.2) is 11.4 Å². The van der Waals surface area contributed by atoms with Crippen molar-refractivity contribution >= 4 is 64.2 Å². The van der Waals surface area contributed by atoms with Gasteiger partial charge >= 0.3 is 0 Å². The SMILES string of the molecule is Cc1ccc(Cl)cc1NC1NC(=O)/C(=C/c2cc(Cl)ccc2OCc2cccc(Cl)c2)S1. The number of carbonyl (C=O) groups excluding carboxylic acids is 1. The summed E-state index contributed by atoms with van der Waals surface area (Å²) in [6.07, 6.45) is 1.78. The van der Waals surface area contributed by atoms with Crippen LogP contribution in [0, 0.1) is 6.92 Å². The molecule has 0 bridgehead atoms. The van der Waals surface area contributed by atoms with Gasteiger partial charge in [-0.25, -0.2) is 0 Å². The molecule has 0 radical (unpaired) electrons. The summed E-state index contributed by atoms with van der Waals surface area (Å²) in [4.78, 5) is 13.1. The fourth-order valence-corrected chi connectivity index (χ4v) is 4.68. The highest BCUT2D eigenvalue weighted by molar-refractivity contribution is 8.05. The van der Waals surface area contributed by atoms with Gasteiger partial charge in [0.15, 0.2) is 5.50 Å². The van der Waals surface area contributed by atoms with Crippen LogP contribution in [0.5, 0.6) is 5.75 Å². The molecule has 1 unspecified atom stereocenters. The van der Waals surface area contributed by atoms with E-state index in [1.54, 1.807) is 24.3 Å². The Bertz CT molecular complexity index is 1200. The zero-order valence-electron chi connectivity index (χ0n) is 17.0. The van der Waals surface area contributed by atoms with E-state index in [2.05, 4.69) is 10.6 Å². The van der Waals surface area contributed by atoms with Gasteiger partial charge in [0.1, 0.15) is 12.4 Å².